The number of aliphatic hydroxyl groups is 1. The summed E-state index contributed by atoms with van der Waals surface area (Å²) in [6.45, 7) is 5.94. The number of nitrogens with zero attached hydrogens (tertiary/aromatic N) is 1. The fraction of sp³-hybridized carbons (Fsp3) is 0.652. The molecule has 1 aromatic rings. The van der Waals surface area contributed by atoms with Gasteiger partial charge in [-0.1, -0.05) is 36.7 Å². The topological polar surface area (TPSA) is 61.5 Å². The molecule has 4 nitrogen and oxygen atoms in total. The molecule has 2 aliphatic rings. The van der Waals surface area contributed by atoms with Crippen LogP contribution in [0.15, 0.2) is 36.0 Å². The van der Waals surface area contributed by atoms with Crippen LogP contribution in [-0.2, 0) is 5.60 Å². The molecule has 1 aliphatic carbocycles. The third-order valence-electron chi connectivity index (χ3n) is 6.47. The Morgan fingerprint density at radius 3 is 2.61 bits per heavy atom. The van der Waals surface area contributed by atoms with Crippen LogP contribution in [0.3, 0.4) is 0 Å². The molecule has 156 valence electrons. The fourth-order valence-electron chi connectivity index (χ4n) is 4.38. The molecule has 1 heterocycles. The van der Waals surface area contributed by atoms with Crippen molar-refractivity contribution in [2.45, 2.75) is 63.5 Å². The quantitative estimate of drug-likeness (QED) is 0.571. The van der Waals surface area contributed by atoms with Crippen LogP contribution in [0.4, 0.5) is 0 Å². The number of nitrogens with one attached hydrogen (secondary N) is 1. The van der Waals surface area contributed by atoms with E-state index in [2.05, 4.69) is 23.2 Å². The Labute approximate surface area is 175 Å². The van der Waals surface area contributed by atoms with Gasteiger partial charge in [0.25, 0.3) is 0 Å². The highest BCUT2D eigenvalue weighted by Crippen LogP contribution is 2.35. The predicted octanol–water partition coefficient (Wildman–Crippen LogP) is 4.02. The Kier molecular flexibility index (Phi) is 7.81. The molecule has 0 radical (unpaired) electrons. The van der Waals surface area contributed by atoms with Gasteiger partial charge in [0.15, 0.2) is 0 Å². The van der Waals surface area contributed by atoms with Crippen LogP contribution >= 0.6 is 11.6 Å². The van der Waals surface area contributed by atoms with Gasteiger partial charge in [0, 0.05) is 29.9 Å². The van der Waals surface area contributed by atoms with E-state index >= 15 is 0 Å². The maximum Gasteiger partial charge on any atom is 0.0930 e. The maximum absolute atomic E-state index is 11.1. The summed E-state index contributed by atoms with van der Waals surface area (Å²) in [5.74, 6) is 0.630. The van der Waals surface area contributed by atoms with Crippen LogP contribution in [-0.4, -0.2) is 42.2 Å². The van der Waals surface area contributed by atoms with Crippen LogP contribution in [0.1, 0.15) is 57.4 Å². The molecule has 0 aromatic heterocycles. The first kappa shape index (κ1) is 21.6. The minimum absolute atomic E-state index is 0.604. The van der Waals surface area contributed by atoms with Crippen LogP contribution in [0.2, 0.25) is 5.02 Å². The molecule has 1 aliphatic heterocycles. The van der Waals surface area contributed by atoms with Crippen LogP contribution < -0.4 is 11.1 Å². The maximum atomic E-state index is 11.1. The first-order valence-corrected chi connectivity index (χ1v) is 11.2. The van der Waals surface area contributed by atoms with Crippen molar-refractivity contribution in [3.8, 4) is 0 Å². The Morgan fingerprint density at radius 1 is 1.29 bits per heavy atom. The van der Waals surface area contributed by atoms with Crippen LogP contribution in [0.25, 0.3) is 0 Å². The zero-order chi connectivity index (χ0) is 20.0. The second-order valence-electron chi connectivity index (χ2n) is 8.63. The van der Waals surface area contributed by atoms with Crippen LogP contribution in [0, 0.1) is 5.92 Å². The first-order valence-electron chi connectivity index (χ1n) is 10.9. The van der Waals surface area contributed by atoms with Crippen molar-refractivity contribution < 1.29 is 5.11 Å². The lowest BCUT2D eigenvalue weighted by Gasteiger charge is -2.41. The summed E-state index contributed by atoms with van der Waals surface area (Å²) in [5, 5.41) is 15.5. The minimum atomic E-state index is -0.721. The summed E-state index contributed by atoms with van der Waals surface area (Å²) in [5.41, 5.74) is 7.42. The average Bonchev–Trinajstić information content (AvgIpc) is 2.72. The van der Waals surface area contributed by atoms with Crippen molar-refractivity contribution in [3.05, 3.63) is 46.6 Å². The number of allylic oxidation sites excluding steroid dienone is 1. The van der Waals surface area contributed by atoms with Gasteiger partial charge >= 0.3 is 0 Å². The summed E-state index contributed by atoms with van der Waals surface area (Å²) in [4.78, 5) is 2.48. The molecule has 0 amide bonds. The van der Waals surface area contributed by atoms with Gasteiger partial charge in [-0.2, -0.15) is 0 Å². The second-order valence-corrected chi connectivity index (χ2v) is 9.07. The number of hydrogen-bond acceptors (Lipinski definition) is 4. The van der Waals surface area contributed by atoms with Crippen molar-refractivity contribution in [2.24, 2.45) is 11.7 Å². The van der Waals surface area contributed by atoms with E-state index in [0.29, 0.717) is 17.0 Å². The standard InChI is InChI=1S/C23H36ClN3O/c1-18(17-25)3-2-14-26-21-8-10-22(11-9-21)27-15-12-23(28,13-16-27)19-4-6-20(24)7-5-19/h4-7,10,18,21,26,28H,2-3,8-9,11-17,25H2,1H3. The van der Waals surface area contributed by atoms with Crippen molar-refractivity contribution >= 4 is 11.6 Å². The van der Waals surface area contributed by atoms with Crippen LogP contribution in [0.5, 0.6) is 0 Å². The Balaban J connectivity index is 1.43. The molecule has 1 saturated heterocycles. The van der Waals surface area contributed by atoms with E-state index in [0.717, 1.165) is 57.4 Å². The molecule has 2 atom stereocenters. The molecule has 0 bridgehead atoms. The molecule has 5 heteroatoms. The summed E-state index contributed by atoms with van der Waals surface area (Å²) in [7, 11) is 0. The first-order chi connectivity index (χ1) is 13.5. The summed E-state index contributed by atoms with van der Waals surface area (Å²) in [6.07, 6.45) is 9.82. The van der Waals surface area contributed by atoms with Gasteiger partial charge in [-0.25, -0.2) is 0 Å². The lowest BCUT2D eigenvalue weighted by atomic mass is 9.84. The zero-order valence-corrected chi connectivity index (χ0v) is 17.9. The average molecular weight is 406 g/mol. The molecular formula is C23H36ClN3O. The molecule has 1 fully saturated rings. The number of hydrogen-bond donors (Lipinski definition) is 3. The smallest absolute Gasteiger partial charge is 0.0930 e. The van der Waals surface area contributed by atoms with Gasteiger partial charge < -0.3 is 21.1 Å². The van der Waals surface area contributed by atoms with Gasteiger partial charge in [-0.15, -0.1) is 0 Å². The molecular weight excluding hydrogens is 370 g/mol. The monoisotopic (exact) mass is 405 g/mol. The van der Waals surface area contributed by atoms with Gasteiger partial charge in [0.1, 0.15) is 0 Å². The molecule has 1 aromatic carbocycles. The summed E-state index contributed by atoms with van der Waals surface area (Å²) in [6, 6.07) is 8.27. The largest absolute Gasteiger partial charge is 0.385 e. The van der Waals surface area contributed by atoms with E-state index in [1.54, 1.807) is 0 Å². The van der Waals surface area contributed by atoms with E-state index in [-0.39, 0.29) is 0 Å². The predicted molar refractivity (Wildman–Crippen MR) is 117 cm³/mol. The van der Waals surface area contributed by atoms with Gasteiger partial charge in [-0.3, -0.25) is 0 Å². The Bertz CT molecular complexity index is 638. The third-order valence-corrected chi connectivity index (χ3v) is 6.73. The van der Waals surface area contributed by atoms with E-state index in [9.17, 15) is 5.11 Å². The number of benzene rings is 1. The highest BCUT2D eigenvalue weighted by molar-refractivity contribution is 6.30. The number of nitrogens with two attached hydrogens (primary N) is 1. The lowest BCUT2D eigenvalue weighted by molar-refractivity contribution is -0.0196. The third kappa shape index (κ3) is 5.73. The van der Waals surface area contributed by atoms with Gasteiger partial charge in [0.2, 0.25) is 0 Å². The molecule has 0 spiro atoms. The Hall–Kier alpha value is -1.07. The van der Waals surface area contributed by atoms with Crippen molar-refractivity contribution in [1.29, 1.82) is 0 Å². The SMILES string of the molecule is CC(CN)CCCNC1CC=C(N2CCC(O)(c3ccc(Cl)cc3)CC2)CC1. The molecule has 2 unspecified atom stereocenters. The van der Waals surface area contributed by atoms with E-state index in [1.807, 2.05) is 24.3 Å². The second kappa shape index (κ2) is 10.1. The molecule has 4 N–H and O–H groups in total. The fourth-order valence-corrected chi connectivity index (χ4v) is 4.51. The molecule has 28 heavy (non-hydrogen) atoms. The number of rotatable bonds is 8. The normalized spacial score (nSPS) is 23.4. The molecule has 0 saturated carbocycles. The van der Waals surface area contributed by atoms with Crippen molar-refractivity contribution in [3.63, 3.8) is 0 Å². The minimum Gasteiger partial charge on any atom is -0.385 e. The summed E-state index contributed by atoms with van der Waals surface area (Å²) < 4.78 is 0. The summed E-state index contributed by atoms with van der Waals surface area (Å²) >= 11 is 5.99. The van der Waals surface area contributed by atoms with E-state index in [1.165, 1.54) is 25.0 Å². The Morgan fingerprint density at radius 2 is 2.00 bits per heavy atom. The number of piperidine rings is 1. The van der Waals surface area contributed by atoms with Crippen molar-refractivity contribution in [1.82, 2.24) is 10.2 Å². The highest BCUT2D eigenvalue weighted by atomic mass is 35.5. The van der Waals surface area contributed by atoms with Crippen molar-refractivity contribution in [2.75, 3.05) is 26.2 Å². The van der Waals surface area contributed by atoms with E-state index < -0.39 is 5.60 Å². The van der Waals surface area contributed by atoms with Gasteiger partial charge in [0.05, 0.1) is 5.60 Å². The zero-order valence-electron chi connectivity index (χ0n) is 17.2. The van der Waals surface area contributed by atoms with Gasteiger partial charge in [-0.05, 0) is 81.6 Å². The van der Waals surface area contributed by atoms with E-state index in [4.69, 9.17) is 17.3 Å². The number of likely N-dealkylation sites (tertiary alicyclic amines) is 1. The lowest BCUT2D eigenvalue weighted by Crippen LogP contribution is -2.43. The molecule has 3 rings (SSSR count). The highest BCUT2D eigenvalue weighted by Gasteiger charge is 2.34. The number of halogens is 1.